The van der Waals surface area contributed by atoms with E-state index >= 15 is 0 Å². The SMILES string of the molecule is Cc1ccc(Cl)c(OC(C)CNC2CCCC2)c1. The van der Waals surface area contributed by atoms with Crippen molar-refractivity contribution in [3.63, 3.8) is 0 Å². The predicted octanol–water partition coefficient (Wildman–Crippen LogP) is 3.95. The molecule has 18 heavy (non-hydrogen) atoms. The van der Waals surface area contributed by atoms with Crippen LogP contribution in [0.4, 0.5) is 0 Å². The molecule has 1 unspecified atom stereocenters. The lowest BCUT2D eigenvalue weighted by Crippen LogP contribution is -2.35. The van der Waals surface area contributed by atoms with Gasteiger partial charge in [-0.2, -0.15) is 0 Å². The molecule has 2 rings (SSSR count). The average molecular weight is 268 g/mol. The molecular formula is C15H22ClNO. The van der Waals surface area contributed by atoms with Gasteiger partial charge in [-0.25, -0.2) is 0 Å². The average Bonchev–Trinajstić information content (AvgIpc) is 2.84. The van der Waals surface area contributed by atoms with Crippen molar-refractivity contribution in [2.24, 2.45) is 0 Å². The van der Waals surface area contributed by atoms with E-state index in [-0.39, 0.29) is 6.10 Å². The largest absolute Gasteiger partial charge is 0.488 e. The third-order valence-corrected chi connectivity index (χ3v) is 3.78. The van der Waals surface area contributed by atoms with Gasteiger partial charge in [0.1, 0.15) is 11.9 Å². The summed E-state index contributed by atoms with van der Waals surface area (Å²) in [6.45, 7) is 5.01. The number of ether oxygens (including phenoxy) is 1. The Bertz CT molecular complexity index is 388. The standard InChI is InChI=1S/C15H22ClNO/c1-11-7-8-14(16)15(9-11)18-12(2)10-17-13-5-3-4-6-13/h7-9,12-13,17H,3-6,10H2,1-2H3. The Morgan fingerprint density at radius 3 is 2.83 bits per heavy atom. The lowest BCUT2D eigenvalue weighted by Gasteiger charge is -2.19. The van der Waals surface area contributed by atoms with E-state index in [4.69, 9.17) is 16.3 Å². The van der Waals surface area contributed by atoms with E-state index < -0.39 is 0 Å². The maximum atomic E-state index is 6.12. The summed E-state index contributed by atoms with van der Waals surface area (Å²) in [4.78, 5) is 0. The molecule has 0 spiro atoms. The van der Waals surface area contributed by atoms with Gasteiger partial charge in [-0.3, -0.25) is 0 Å². The van der Waals surface area contributed by atoms with Crippen LogP contribution in [0.25, 0.3) is 0 Å². The van der Waals surface area contributed by atoms with Crippen LogP contribution in [0.1, 0.15) is 38.2 Å². The third kappa shape index (κ3) is 3.89. The molecule has 1 aliphatic rings. The Kier molecular flexibility index (Phi) is 4.90. The zero-order chi connectivity index (χ0) is 13.0. The van der Waals surface area contributed by atoms with E-state index in [1.54, 1.807) is 0 Å². The number of rotatable bonds is 5. The number of aryl methyl sites for hydroxylation is 1. The van der Waals surface area contributed by atoms with Gasteiger partial charge in [0.25, 0.3) is 0 Å². The van der Waals surface area contributed by atoms with E-state index in [2.05, 4.69) is 12.2 Å². The first-order valence-electron chi connectivity index (χ1n) is 6.81. The summed E-state index contributed by atoms with van der Waals surface area (Å²) in [5.41, 5.74) is 1.17. The fourth-order valence-electron chi connectivity index (χ4n) is 2.42. The minimum Gasteiger partial charge on any atom is -0.488 e. The van der Waals surface area contributed by atoms with Crippen molar-refractivity contribution in [2.45, 2.75) is 51.7 Å². The summed E-state index contributed by atoms with van der Waals surface area (Å²) in [6.07, 6.45) is 5.47. The molecule has 3 heteroatoms. The van der Waals surface area contributed by atoms with Gasteiger partial charge in [0.2, 0.25) is 0 Å². The maximum Gasteiger partial charge on any atom is 0.138 e. The predicted molar refractivity (Wildman–Crippen MR) is 76.5 cm³/mol. The molecule has 1 fully saturated rings. The topological polar surface area (TPSA) is 21.3 Å². The number of halogens is 1. The lowest BCUT2D eigenvalue weighted by molar-refractivity contribution is 0.211. The van der Waals surface area contributed by atoms with Crippen LogP contribution >= 0.6 is 11.6 Å². The minimum absolute atomic E-state index is 0.143. The van der Waals surface area contributed by atoms with Crippen molar-refractivity contribution < 1.29 is 4.74 Å². The number of benzene rings is 1. The number of nitrogens with one attached hydrogen (secondary N) is 1. The van der Waals surface area contributed by atoms with Crippen molar-refractivity contribution in [1.29, 1.82) is 0 Å². The minimum atomic E-state index is 0.143. The van der Waals surface area contributed by atoms with Crippen molar-refractivity contribution in [1.82, 2.24) is 5.32 Å². The van der Waals surface area contributed by atoms with Gasteiger partial charge in [0, 0.05) is 12.6 Å². The second-order valence-electron chi connectivity index (χ2n) is 5.25. The Labute approximate surface area is 115 Å². The van der Waals surface area contributed by atoms with Crippen LogP contribution in [0.5, 0.6) is 5.75 Å². The first-order valence-corrected chi connectivity index (χ1v) is 7.19. The van der Waals surface area contributed by atoms with Crippen LogP contribution in [0, 0.1) is 6.92 Å². The highest BCUT2D eigenvalue weighted by Gasteiger charge is 2.15. The molecule has 1 N–H and O–H groups in total. The Morgan fingerprint density at radius 2 is 2.11 bits per heavy atom. The van der Waals surface area contributed by atoms with Crippen LogP contribution in [-0.4, -0.2) is 18.7 Å². The lowest BCUT2D eigenvalue weighted by atomic mass is 10.2. The molecule has 0 aliphatic heterocycles. The van der Waals surface area contributed by atoms with Crippen LogP contribution < -0.4 is 10.1 Å². The fraction of sp³-hybridized carbons (Fsp3) is 0.600. The summed E-state index contributed by atoms with van der Waals surface area (Å²) >= 11 is 6.12. The van der Waals surface area contributed by atoms with Crippen molar-refractivity contribution >= 4 is 11.6 Å². The summed E-state index contributed by atoms with van der Waals surface area (Å²) in [5.74, 6) is 0.789. The quantitative estimate of drug-likeness (QED) is 0.872. The van der Waals surface area contributed by atoms with Gasteiger partial charge in [0.15, 0.2) is 0 Å². The molecule has 1 saturated carbocycles. The highest BCUT2D eigenvalue weighted by atomic mass is 35.5. The van der Waals surface area contributed by atoms with Crippen LogP contribution in [-0.2, 0) is 0 Å². The van der Waals surface area contributed by atoms with Gasteiger partial charge >= 0.3 is 0 Å². The smallest absolute Gasteiger partial charge is 0.138 e. The Morgan fingerprint density at radius 1 is 1.39 bits per heavy atom. The molecule has 1 aromatic rings. The van der Waals surface area contributed by atoms with Gasteiger partial charge in [-0.15, -0.1) is 0 Å². The zero-order valence-corrected chi connectivity index (χ0v) is 12.0. The molecule has 1 aliphatic carbocycles. The van der Waals surface area contributed by atoms with E-state index in [9.17, 15) is 0 Å². The van der Waals surface area contributed by atoms with Crippen LogP contribution in [0.2, 0.25) is 5.02 Å². The monoisotopic (exact) mass is 267 g/mol. The van der Waals surface area contributed by atoms with E-state index in [1.165, 1.54) is 31.2 Å². The fourth-order valence-corrected chi connectivity index (χ4v) is 2.58. The molecule has 0 amide bonds. The first kappa shape index (κ1) is 13.7. The van der Waals surface area contributed by atoms with Gasteiger partial charge in [-0.05, 0) is 44.4 Å². The Balaban J connectivity index is 1.82. The Hall–Kier alpha value is -0.730. The van der Waals surface area contributed by atoms with Crippen molar-refractivity contribution in [3.05, 3.63) is 28.8 Å². The second-order valence-corrected chi connectivity index (χ2v) is 5.66. The molecule has 2 nitrogen and oxygen atoms in total. The van der Waals surface area contributed by atoms with E-state index in [0.29, 0.717) is 11.1 Å². The summed E-state index contributed by atoms with van der Waals surface area (Å²) in [6, 6.07) is 6.57. The highest BCUT2D eigenvalue weighted by Crippen LogP contribution is 2.26. The van der Waals surface area contributed by atoms with Crippen molar-refractivity contribution in [3.8, 4) is 5.75 Å². The molecule has 0 radical (unpaired) electrons. The molecule has 0 bridgehead atoms. The summed E-state index contributed by atoms with van der Waals surface area (Å²) in [5, 5.41) is 4.26. The van der Waals surface area contributed by atoms with Gasteiger partial charge in [-0.1, -0.05) is 30.5 Å². The molecular weight excluding hydrogens is 246 g/mol. The number of hydrogen-bond donors (Lipinski definition) is 1. The summed E-state index contributed by atoms with van der Waals surface area (Å²) in [7, 11) is 0. The molecule has 0 aromatic heterocycles. The van der Waals surface area contributed by atoms with Crippen LogP contribution in [0.15, 0.2) is 18.2 Å². The highest BCUT2D eigenvalue weighted by molar-refractivity contribution is 6.32. The number of hydrogen-bond acceptors (Lipinski definition) is 2. The van der Waals surface area contributed by atoms with E-state index in [1.807, 2.05) is 25.1 Å². The molecule has 1 atom stereocenters. The van der Waals surface area contributed by atoms with Gasteiger partial charge < -0.3 is 10.1 Å². The normalized spacial score (nSPS) is 17.9. The van der Waals surface area contributed by atoms with Crippen LogP contribution in [0.3, 0.4) is 0 Å². The van der Waals surface area contributed by atoms with Gasteiger partial charge in [0.05, 0.1) is 5.02 Å². The second kappa shape index (κ2) is 6.44. The zero-order valence-electron chi connectivity index (χ0n) is 11.2. The molecule has 0 heterocycles. The molecule has 1 aromatic carbocycles. The third-order valence-electron chi connectivity index (χ3n) is 3.46. The maximum absolute atomic E-state index is 6.12. The molecule has 0 saturated heterocycles. The van der Waals surface area contributed by atoms with E-state index in [0.717, 1.165) is 12.3 Å². The summed E-state index contributed by atoms with van der Waals surface area (Å²) < 4.78 is 5.89. The van der Waals surface area contributed by atoms with Crippen molar-refractivity contribution in [2.75, 3.05) is 6.54 Å². The molecule has 100 valence electrons. The first-order chi connectivity index (χ1) is 8.65.